The van der Waals surface area contributed by atoms with Crippen LogP contribution in [0.5, 0.6) is 0 Å². The molecule has 0 bridgehead atoms. The van der Waals surface area contributed by atoms with E-state index in [4.69, 9.17) is 10.2 Å². The van der Waals surface area contributed by atoms with E-state index in [0.717, 1.165) is 24.6 Å². The molecule has 0 aliphatic carbocycles. The fraction of sp³-hybridized carbons (Fsp3) is 0.600. The Balaban J connectivity index is 2.42. The number of rotatable bonds is 6. The van der Waals surface area contributed by atoms with Gasteiger partial charge in [-0.15, -0.1) is 0 Å². The standard InChI is InChI=1S/C10H18N2OS/c1-12(4-6-14-2)8-9-3-5-13-10(9)7-11/h3,5H,4,6-8,11H2,1-2H3. The van der Waals surface area contributed by atoms with E-state index in [1.165, 1.54) is 5.56 Å². The summed E-state index contributed by atoms with van der Waals surface area (Å²) < 4.78 is 5.26. The van der Waals surface area contributed by atoms with Crippen molar-refractivity contribution in [3.63, 3.8) is 0 Å². The van der Waals surface area contributed by atoms with Gasteiger partial charge in [0, 0.05) is 24.4 Å². The Morgan fingerprint density at radius 3 is 3.00 bits per heavy atom. The van der Waals surface area contributed by atoms with Crippen LogP contribution in [0.1, 0.15) is 11.3 Å². The van der Waals surface area contributed by atoms with Crippen LogP contribution in [-0.4, -0.2) is 30.5 Å². The Morgan fingerprint density at radius 2 is 2.36 bits per heavy atom. The monoisotopic (exact) mass is 214 g/mol. The number of nitrogens with two attached hydrogens (primary N) is 1. The molecule has 1 rings (SSSR count). The van der Waals surface area contributed by atoms with E-state index < -0.39 is 0 Å². The molecule has 0 radical (unpaired) electrons. The predicted molar refractivity (Wildman–Crippen MR) is 61.3 cm³/mol. The first kappa shape index (κ1) is 11.6. The second kappa shape index (κ2) is 6.11. The first-order chi connectivity index (χ1) is 6.77. The van der Waals surface area contributed by atoms with Crippen LogP contribution in [0.3, 0.4) is 0 Å². The molecule has 0 aliphatic heterocycles. The normalized spacial score (nSPS) is 11.1. The Bertz CT molecular complexity index is 262. The average molecular weight is 214 g/mol. The summed E-state index contributed by atoms with van der Waals surface area (Å²) in [5.74, 6) is 2.06. The van der Waals surface area contributed by atoms with Crippen LogP contribution in [-0.2, 0) is 13.1 Å². The van der Waals surface area contributed by atoms with E-state index in [0.29, 0.717) is 6.54 Å². The summed E-state index contributed by atoms with van der Waals surface area (Å²) >= 11 is 1.86. The van der Waals surface area contributed by atoms with Gasteiger partial charge in [0.05, 0.1) is 12.8 Å². The Kier molecular flexibility index (Phi) is 5.07. The predicted octanol–water partition coefficient (Wildman–Crippen LogP) is 1.53. The van der Waals surface area contributed by atoms with Crippen molar-refractivity contribution in [2.75, 3.05) is 25.6 Å². The molecular weight excluding hydrogens is 196 g/mol. The summed E-state index contributed by atoms with van der Waals surface area (Å²) in [7, 11) is 2.11. The highest BCUT2D eigenvalue weighted by Crippen LogP contribution is 2.11. The maximum absolute atomic E-state index is 5.55. The van der Waals surface area contributed by atoms with E-state index in [2.05, 4.69) is 18.2 Å². The second-order valence-corrected chi connectivity index (χ2v) is 4.29. The molecule has 2 N–H and O–H groups in total. The molecule has 3 nitrogen and oxygen atoms in total. The maximum atomic E-state index is 5.55. The third-order valence-electron chi connectivity index (χ3n) is 2.14. The third-order valence-corrected chi connectivity index (χ3v) is 2.73. The number of hydrogen-bond acceptors (Lipinski definition) is 4. The van der Waals surface area contributed by atoms with Gasteiger partial charge in [0.25, 0.3) is 0 Å². The maximum Gasteiger partial charge on any atom is 0.121 e. The van der Waals surface area contributed by atoms with E-state index in [1.54, 1.807) is 6.26 Å². The van der Waals surface area contributed by atoms with Gasteiger partial charge in [-0.1, -0.05) is 0 Å². The smallest absolute Gasteiger partial charge is 0.121 e. The molecule has 80 valence electrons. The zero-order valence-corrected chi connectivity index (χ0v) is 9.64. The van der Waals surface area contributed by atoms with Gasteiger partial charge in [-0.2, -0.15) is 11.8 Å². The molecule has 1 heterocycles. The number of furan rings is 1. The molecule has 0 atom stereocenters. The number of hydrogen-bond donors (Lipinski definition) is 1. The van der Waals surface area contributed by atoms with E-state index in [-0.39, 0.29) is 0 Å². The summed E-state index contributed by atoms with van der Waals surface area (Å²) in [6.45, 7) is 2.50. The summed E-state index contributed by atoms with van der Waals surface area (Å²) in [6, 6.07) is 2.00. The molecule has 0 saturated heterocycles. The molecule has 0 fully saturated rings. The van der Waals surface area contributed by atoms with Gasteiger partial charge in [-0.05, 0) is 19.4 Å². The lowest BCUT2D eigenvalue weighted by Crippen LogP contribution is -2.21. The van der Waals surface area contributed by atoms with Gasteiger partial charge in [-0.3, -0.25) is 0 Å². The molecule has 4 heteroatoms. The van der Waals surface area contributed by atoms with Crippen LogP contribution in [0.2, 0.25) is 0 Å². The SMILES string of the molecule is CSCCN(C)Cc1ccoc1CN. The van der Waals surface area contributed by atoms with Crippen molar-refractivity contribution >= 4 is 11.8 Å². The van der Waals surface area contributed by atoms with E-state index in [1.807, 2.05) is 17.8 Å². The van der Waals surface area contributed by atoms with Crippen LogP contribution in [0.25, 0.3) is 0 Å². The molecule has 1 aromatic heterocycles. The highest BCUT2D eigenvalue weighted by molar-refractivity contribution is 7.98. The topological polar surface area (TPSA) is 42.4 Å². The third kappa shape index (κ3) is 3.36. The van der Waals surface area contributed by atoms with Crippen LogP contribution >= 0.6 is 11.8 Å². The highest BCUT2D eigenvalue weighted by Gasteiger charge is 2.06. The molecule has 0 spiro atoms. The molecule has 0 saturated carbocycles. The van der Waals surface area contributed by atoms with Crippen molar-refractivity contribution in [3.05, 3.63) is 23.7 Å². The number of nitrogens with zero attached hydrogens (tertiary/aromatic N) is 1. The van der Waals surface area contributed by atoms with Gasteiger partial charge in [0.1, 0.15) is 5.76 Å². The van der Waals surface area contributed by atoms with Crippen LogP contribution in [0.4, 0.5) is 0 Å². The average Bonchev–Trinajstić information content (AvgIpc) is 2.62. The van der Waals surface area contributed by atoms with Crippen molar-refractivity contribution in [3.8, 4) is 0 Å². The molecule has 0 amide bonds. The Hall–Kier alpha value is -0.450. The summed E-state index contributed by atoms with van der Waals surface area (Å²) in [6.07, 6.45) is 3.83. The van der Waals surface area contributed by atoms with Gasteiger partial charge < -0.3 is 15.1 Å². The first-order valence-corrected chi connectivity index (χ1v) is 6.10. The minimum absolute atomic E-state index is 0.485. The lowest BCUT2D eigenvalue weighted by atomic mass is 10.2. The Morgan fingerprint density at radius 1 is 1.57 bits per heavy atom. The van der Waals surface area contributed by atoms with E-state index >= 15 is 0 Å². The van der Waals surface area contributed by atoms with Crippen molar-refractivity contribution in [1.82, 2.24) is 4.90 Å². The van der Waals surface area contributed by atoms with Crippen LogP contribution < -0.4 is 5.73 Å². The minimum Gasteiger partial charge on any atom is -0.468 e. The van der Waals surface area contributed by atoms with Crippen molar-refractivity contribution < 1.29 is 4.42 Å². The van der Waals surface area contributed by atoms with Gasteiger partial charge in [-0.25, -0.2) is 0 Å². The first-order valence-electron chi connectivity index (χ1n) is 4.70. The fourth-order valence-electron chi connectivity index (χ4n) is 1.30. The molecule has 0 aliphatic rings. The fourth-order valence-corrected chi connectivity index (χ4v) is 1.80. The van der Waals surface area contributed by atoms with Gasteiger partial charge in [0.15, 0.2) is 0 Å². The quantitative estimate of drug-likeness (QED) is 0.780. The molecule has 1 aromatic rings. The van der Waals surface area contributed by atoms with Crippen molar-refractivity contribution in [2.24, 2.45) is 5.73 Å². The van der Waals surface area contributed by atoms with Gasteiger partial charge in [0.2, 0.25) is 0 Å². The molecule has 14 heavy (non-hydrogen) atoms. The lowest BCUT2D eigenvalue weighted by Gasteiger charge is -2.15. The van der Waals surface area contributed by atoms with Gasteiger partial charge >= 0.3 is 0 Å². The largest absolute Gasteiger partial charge is 0.468 e. The van der Waals surface area contributed by atoms with Crippen LogP contribution in [0.15, 0.2) is 16.7 Å². The van der Waals surface area contributed by atoms with Crippen molar-refractivity contribution in [1.29, 1.82) is 0 Å². The molecule has 0 aromatic carbocycles. The summed E-state index contributed by atoms with van der Waals surface area (Å²) in [4.78, 5) is 2.28. The molecule has 0 unspecified atom stereocenters. The number of thioether (sulfide) groups is 1. The van der Waals surface area contributed by atoms with Crippen molar-refractivity contribution in [2.45, 2.75) is 13.1 Å². The summed E-state index contributed by atoms with van der Waals surface area (Å²) in [5, 5.41) is 0. The second-order valence-electron chi connectivity index (χ2n) is 3.30. The van der Waals surface area contributed by atoms with E-state index in [9.17, 15) is 0 Å². The van der Waals surface area contributed by atoms with Crippen LogP contribution in [0, 0.1) is 0 Å². The Labute approximate surface area is 89.6 Å². The summed E-state index contributed by atoms with van der Waals surface area (Å²) in [5.41, 5.74) is 6.76. The molecular formula is C10H18N2OS. The lowest BCUT2D eigenvalue weighted by molar-refractivity contribution is 0.344. The zero-order chi connectivity index (χ0) is 10.4. The zero-order valence-electron chi connectivity index (χ0n) is 8.82. The minimum atomic E-state index is 0.485. The highest BCUT2D eigenvalue weighted by atomic mass is 32.2.